The molecule has 0 saturated heterocycles. The van der Waals surface area contributed by atoms with Crippen LogP contribution in [0.4, 0.5) is 0 Å². The number of nitrogens with two attached hydrogens (primary N) is 1. The highest BCUT2D eigenvalue weighted by atomic mass is 35.5. The number of hydrogen-bond acceptors (Lipinski definition) is 10. The average Bonchev–Trinajstić information content (AvgIpc) is 3.65. The molecule has 2 atom stereocenters. The molecule has 6 rings (SSSR count). The molecule has 4 aromatic carbocycles. The van der Waals surface area contributed by atoms with Gasteiger partial charge in [0, 0.05) is 43.0 Å². The summed E-state index contributed by atoms with van der Waals surface area (Å²) in [5.74, 6) is -3.38. The van der Waals surface area contributed by atoms with Crippen LogP contribution < -0.4 is 11.1 Å². The Morgan fingerprint density at radius 3 is 1.94 bits per heavy atom. The van der Waals surface area contributed by atoms with Crippen LogP contribution in [0.15, 0.2) is 99.3 Å². The van der Waals surface area contributed by atoms with Crippen molar-refractivity contribution in [3.63, 3.8) is 0 Å². The molecule has 1 aromatic heterocycles. The molecular formula is C40H42Cl5N3O11S3. The minimum absolute atomic E-state index is 0. The number of carboxylic acids is 2. The first-order valence-electron chi connectivity index (χ1n) is 17.6. The summed E-state index contributed by atoms with van der Waals surface area (Å²) >= 11 is 22.6. The Labute approximate surface area is 391 Å². The summed E-state index contributed by atoms with van der Waals surface area (Å²) in [6.45, 7) is 0.568. The highest BCUT2D eigenvalue weighted by molar-refractivity contribution is 7.91. The van der Waals surface area contributed by atoms with Gasteiger partial charge in [-0.3, -0.25) is 14.4 Å². The van der Waals surface area contributed by atoms with Crippen molar-refractivity contribution in [2.75, 3.05) is 24.4 Å². The Balaban J connectivity index is 0.000000530. The average molecular weight is 1010 g/mol. The lowest BCUT2D eigenvalue weighted by Gasteiger charge is -2.30. The van der Waals surface area contributed by atoms with Gasteiger partial charge in [-0.15, -0.1) is 35.6 Å². The molecule has 62 heavy (non-hydrogen) atoms. The maximum absolute atomic E-state index is 13.2. The second-order valence-electron chi connectivity index (χ2n) is 13.5. The van der Waals surface area contributed by atoms with Crippen molar-refractivity contribution in [2.24, 2.45) is 5.73 Å². The van der Waals surface area contributed by atoms with Gasteiger partial charge >= 0.3 is 11.9 Å². The molecule has 5 aromatic rings. The van der Waals surface area contributed by atoms with E-state index in [1.807, 2.05) is 12.1 Å². The lowest BCUT2D eigenvalue weighted by molar-refractivity contribution is -0.139. The molecule has 2 amide bonds. The predicted octanol–water partition coefficient (Wildman–Crippen LogP) is 6.77. The van der Waals surface area contributed by atoms with Gasteiger partial charge in [-0.2, -0.15) is 13.5 Å². The van der Waals surface area contributed by atoms with Crippen LogP contribution in [0.1, 0.15) is 43.0 Å². The van der Waals surface area contributed by atoms with Crippen LogP contribution in [0.25, 0.3) is 11.0 Å². The topological polar surface area (TPSA) is 231 Å². The largest absolute Gasteiger partial charge is 0.480 e. The van der Waals surface area contributed by atoms with E-state index in [0.717, 1.165) is 17.9 Å². The van der Waals surface area contributed by atoms with Crippen LogP contribution in [0.5, 0.6) is 0 Å². The van der Waals surface area contributed by atoms with Gasteiger partial charge in [-0.25, -0.2) is 21.6 Å². The summed E-state index contributed by atoms with van der Waals surface area (Å²) in [5, 5.41) is 22.1. The fourth-order valence-corrected chi connectivity index (χ4v) is 8.26. The number of alkyl halides is 2. The molecule has 5 N–H and O–H groups in total. The number of amides is 2. The smallest absolute Gasteiger partial charge is 0.326 e. The Morgan fingerprint density at radius 1 is 0.839 bits per heavy atom. The summed E-state index contributed by atoms with van der Waals surface area (Å²) in [5.41, 5.74) is 8.73. The van der Waals surface area contributed by atoms with E-state index < -0.39 is 49.6 Å². The normalized spacial score (nSPS) is 13.0. The van der Waals surface area contributed by atoms with Crippen molar-refractivity contribution >= 4 is 127 Å². The Bertz CT molecular complexity index is 2650. The third kappa shape index (κ3) is 14.5. The summed E-state index contributed by atoms with van der Waals surface area (Å²) in [6, 6.07) is 18.2. The molecule has 0 radical (unpaired) electrons. The number of rotatable bonds is 11. The van der Waals surface area contributed by atoms with E-state index in [1.165, 1.54) is 30.3 Å². The fourth-order valence-electron chi connectivity index (χ4n) is 6.12. The van der Waals surface area contributed by atoms with E-state index in [-0.39, 0.29) is 81.9 Å². The van der Waals surface area contributed by atoms with Crippen LogP contribution in [0.3, 0.4) is 0 Å². The van der Waals surface area contributed by atoms with Crippen molar-refractivity contribution < 1.29 is 50.6 Å². The molecule has 0 saturated carbocycles. The number of hydrogen-bond donors (Lipinski definition) is 4. The van der Waals surface area contributed by atoms with Gasteiger partial charge in [0.2, 0.25) is 0 Å². The number of nitrogens with one attached hydrogen (secondary N) is 1. The molecule has 0 spiro atoms. The van der Waals surface area contributed by atoms with Crippen LogP contribution in [-0.4, -0.2) is 92.2 Å². The number of sulfone groups is 2. The molecule has 336 valence electrons. The van der Waals surface area contributed by atoms with Gasteiger partial charge in [0.15, 0.2) is 19.7 Å². The lowest BCUT2D eigenvalue weighted by atomic mass is 9.95. The second-order valence-corrected chi connectivity index (χ2v) is 19.1. The molecule has 0 aliphatic carbocycles. The zero-order valence-electron chi connectivity index (χ0n) is 32.8. The summed E-state index contributed by atoms with van der Waals surface area (Å²) in [6.07, 6.45) is 4.02. The third-order valence-corrected chi connectivity index (χ3v) is 12.0. The monoisotopic (exact) mass is 1010 g/mol. The van der Waals surface area contributed by atoms with E-state index in [0.29, 0.717) is 46.4 Å². The van der Waals surface area contributed by atoms with Gasteiger partial charge in [0.05, 0.1) is 37.0 Å². The van der Waals surface area contributed by atoms with E-state index in [9.17, 15) is 41.1 Å². The highest BCUT2D eigenvalue weighted by Crippen LogP contribution is 2.35. The maximum Gasteiger partial charge on any atom is 0.326 e. The highest BCUT2D eigenvalue weighted by Gasteiger charge is 2.30. The van der Waals surface area contributed by atoms with Crippen molar-refractivity contribution in [2.45, 2.75) is 47.7 Å². The Morgan fingerprint density at radius 2 is 1.40 bits per heavy atom. The number of benzene rings is 4. The van der Waals surface area contributed by atoms with Gasteiger partial charge in [0.1, 0.15) is 17.7 Å². The van der Waals surface area contributed by atoms with Gasteiger partial charge in [-0.1, -0.05) is 53.5 Å². The summed E-state index contributed by atoms with van der Waals surface area (Å²) < 4.78 is 51.7. The van der Waals surface area contributed by atoms with Crippen molar-refractivity contribution in [1.29, 1.82) is 0 Å². The van der Waals surface area contributed by atoms with Crippen molar-refractivity contribution in [1.82, 2.24) is 10.2 Å². The molecule has 22 heteroatoms. The first-order valence-corrected chi connectivity index (χ1v) is 23.2. The second kappa shape index (κ2) is 23.6. The van der Waals surface area contributed by atoms with Gasteiger partial charge < -0.3 is 30.6 Å². The number of carbonyl (C=O) groups excluding carboxylic acids is 2. The zero-order chi connectivity index (χ0) is 44.5. The van der Waals surface area contributed by atoms with Crippen LogP contribution in [0.2, 0.25) is 10.0 Å². The summed E-state index contributed by atoms with van der Waals surface area (Å²) in [7, 11) is -6.77. The van der Waals surface area contributed by atoms with Gasteiger partial charge in [-0.05, 0) is 83.6 Å². The number of carbonyl (C=O) groups is 4. The maximum atomic E-state index is 13.2. The first-order chi connectivity index (χ1) is 28.1. The number of aliphatic carboxylic acids is 2. The molecular weight excluding hydrogens is 972 g/mol. The Hall–Kier alpha value is -4.04. The molecule has 14 nitrogen and oxygen atoms in total. The molecule has 0 fully saturated rings. The molecule has 0 unspecified atom stereocenters. The number of carboxylic acid groups (broad SMARTS) is 2. The van der Waals surface area contributed by atoms with E-state index in [2.05, 4.69) is 5.32 Å². The fraction of sp³-hybridized carbons (Fsp3) is 0.250. The quantitative estimate of drug-likeness (QED) is 0.101. The number of nitrogens with zero attached hydrogens (tertiary/aromatic N) is 1. The zero-order valence-corrected chi connectivity index (χ0v) is 39.3. The van der Waals surface area contributed by atoms with Crippen LogP contribution >= 0.6 is 72.3 Å². The molecule has 1 aliphatic rings. The molecule has 1 aliphatic heterocycles. The van der Waals surface area contributed by atoms with Crippen molar-refractivity contribution in [3.05, 3.63) is 129 Å². The Kier molecular flexibility index (Phi) is 20.6. The third-order valence-electron chi connectivity index (χ3n) is 9.09. The molecule has 2 heterocycles. The number of furan rings is 1. The first kappa shape index (κ1) is 54.1. The van der Waals surface area contributed by atoms with Crippen LogP contribution in [0, 0.1) is 0 Å². The minimum atomic E-state index is -3.50. The molecule has 0 bridgehead atoms. The van der Waals surface area contributed by atoms with Crippen molar-refractivity contribution in [3.8, 4) is 0 Å². The summed E-state index contributed by atoms with van der Waals surface area (Å²) in [4.78, 5) is 50.8. The minimum Gasteiger partial charge on any atom is -0.480 e. The van der Waals surface area contributed by atoms with E-state index >= 15 is 0 Å². The van der Waals surface area contributed by atoms with E-state index in [4.69, 9.17) is 61.7 Å². The predicted molar refractivity (Wildman–Crippen MR) is 246 cm³/mol. The van der Waals surface area contributed by atoms with E-state index in [1.54, 1.807) is 47.6 Å². The lowest BCUT2D eigenvalue weighted by Crippen LogP contribution is -2.42. The number of halogens is 5. The van der Waals surface area contributed by atoms with Gasteiger partial charge in [0.25, 0.3) is 11.8 Å². The standard InChI is InChI=1S/C29H24Cl2N2O7S.C10H13NO4S.CH2Cl2.ClH.H2S/c1-41(38,39)20-4-2-3-16(11-20)12-23(29(36)37)32-27(34)25-22(30)13-19-15-33(9-7-21(19)26(25)31)28(35)18-6-5-17-8-10-40-24(17)14-18;1-16(14,15)8-4-2-3-7(5-8)6-9(11)10(12)13;2-1-3;;/h2-6,8,10-11,13-14,23H,7,9,12,15H2,1H3,(H,32,34)(H,36,37);2-5,9H,6,11H2,1H3,(H,12,13);1H2;1H;1H2/t23-;9-;;;/m00.../s1. The number of fused-ring (bicyclic) bond motifs is 2. The van der Waals surface area contributed by atoms with Crippen LogP contribution in [-0.2, 0) is 55.1 Å². The SMILES string of the molecule is CS(=O)(=O)c1cccc(C[C@H](N)C(=O)O)c1.CS(=O)(=O)c1cccc(C[C@H](NC(=O)c2c(Cl)cc3c(c2Cl)CCN(C(=O)c2ccc4ccoc4c2)C3)C(=O)O)c1.Cl.ClCCl.S.